The Kier molecular flexibility index (Phi) is 4.69. The summed E-state index contributed by atoms with van der Waals surface area (Å²) in [6, 6.07) is 0. The lowest BCUT2D eigenvalue weighted by Gasteiger charge is -2.17. The van der Waals surface area contributed by atoms with Crippen LogP contribution in [0.5, 0.6) is 0 Å². The molecule has 1 atom stereocenters. The first kappa shape index (κ1) is 15.6. The second-order valence-corrected chi connectivity index (χ2v) is 5.69. The maximum absolute atomic E-state index is 12.1. The van der Waals surface area contributed by atoms with Crippen molar-refractivity contribution in [2.45, 2.75) is 12.5 Å². The van der Waals surface area contributed by atoms with E-state index in [2.05, 4.69) is 5.32 Å². The van der Waals surface area contributed by atoms with Crippen LogP contribution in [-0.2, 0) is 9.47 Å². The smallest absolute Gasteiger partial charge is 0.350 e. The van der Waals surface area contributed by atoms with Gasteiger partial charge in [0.1, 0.15) is 9.88 Å². The second kappa shape index (κ2) is 6.31. The molecule has 1 amide bonds. The Labute approximate surface area is 127 Å². The number of hydrogen-bond acceptors (Lipinski definition) is 7. The number of methoxy groups -OCH3 is 2. The average Bonchev–Trinajstić information content (AvgIpc) is 3.09. The highest BCUT2D eigenvalue weighted by Crippen LogP contribution is 2.40. The second-order valence-electron chi connectivity index (χ2n) is 4.69. The van der Waals surface area contributed by atoms with Crippen LogP contribution in [0.15, 0.2) is 0 Å². The molecular formula is C13H19N3O4S. The van der Waals surface area contributed by atoms with E-state index in [1.807, 2.05) is 4.90 Å². The molecule has 1 aliphatic rings. The topological polar surface area (TPSA) is 93.9 Å². The molecule has 116 valence electrons. The van der Waals surface area contributed by atoms with E-state index in [0.29, 0.717) is 17.1 Å². The molecular weight excluding hydrogens is 294 g/mol. The van der Waals surface area contributed by atoms with Crippen LogP contribution in [0.4, 0.5) is 10.7 Å². The summed E-state index contributed by atoms with van der Waals surface area (Å²) in [7, 11) is 4.48. The fourth-order valence-corrected chi connectivity index (χ4v) is 3.52. The van der Waals surface area contributed by atoms with Crippen molar-refractivity contribution in [2.24, 2.45) is 0 Å². The third-order valence-electron chi connectivity index (χ3n) is 3.52. The number of nitrogens with one attached hydrogen (secondary N) is 1. The van der Waals surface area contributed by atoms with Gasteiger partial charge in [-0.2, -0.15) is 0 Å². The van der Waals surface area contributed by atoms with Crippen molar-refractivity contribution in [1.82, 2.24) is 5.32 Å². The molecule has 1 fully saturated rings. The minimum Gasteiger partial charge on any atom is -0.465 e. The van der Waals surface area contributed by atoms with Crippen molar-refractivity contribution in [3.05, 3.63) is 10.4 Å². The number of ether oxygens (including phenoxy) is 2. The Bertz CT molecular complexity index is 558. The third-order valence-corrected chi connectivity index (χ3v) is 4.76. The first-order chi connectivity index (χ1) is 10.0. The summed E-state index contributed by atoms with van der Waals surface area (Å²) in [5.74, 6) is -0.842. The predicted molar refractivity (Wildman–Crippen MR) is 81.1 cm³/mol. The van der Waals surface area contributed by atoms with Gasteiger partial charge >= 0.3 is 5.97 Å². The van der Waals surface area contributed by atoms with Crippen molar-refractivity contribution in [3.8, 4) is 0 Å². The van der Waals surface area contributed by atoms with Gasteiger partial charge < -0.3 is 25.4 Å². The molecule has 0 radical (unpaired) electrons. The fraction of sp³-hybridized carbons (Fsp3) is 0.538. The first-order valence-electron chi connectivity index (χ1n) is 6.53. The van der Waals surface area contributed by atoms with Gasteiger partial charge in [-0.3, -0.25) is 4.79 Å². The zero-order valence-electron chi connectivity index (χ0n) is 12.3. The van der Waals surface area contributed by atoms with E-state index in [1.165, 1.54) is 25.5 Å². The number of thiophene rings is 1. The van der Waals surface area contributed by atoms with Crippen LogP contribution in [0.1, 0.15) is 26.5 Å². The third kappa shape index (κ3) is 2.81. The van der Waals surface area contributed by atoms with Crippen LogP contribution >= 0.6 is 11.3 Å². The summed E-state index contributed by atoms with van der Waals surface area (Å²) in [5.41, 5.74) is 6.48. The van der Waals surface area contributed by atoms with E-state index in [4.69, 9.17) is 15.2 Å². The van der Waals surface area contributed by atoms with Crippen LogP contribution in [0.25, 0.3) is 0 Å². The number of nitrogen functional groups attached to an aromatic ring is 1. The molecule has 2 rings (SSSR count). The van der Waals surface area contributed by atoms with E-state index >= 15 is 0 Å². The first-order valence-corrected chi connectivity index (χ1v) is 7.35. The van der Waals surface area contributed by atoms with Gasteiger partial charge in [0, 0.05) is 27.2 Å². The Balaban J connectivity index is 2.44. The van der Waals surface area contributed by atoms with Gasteiger partial charge in [-0.1, -0.05) is 0 Å². The van der Waals surface area contributed by atoms with Gasteiger partial charge in [-0.15, -0.1) is 11.3 Å². The molecule has 21 heavy (non-hydrogen) atoms. The van der Waals surface area contributed by atoms with Gasteiger partial charge in [0.15, 0.2) is 0 Å². The average molecular weight is 313 g/mol. The summed E-state index contributed by atoms with van der Waals surface area (Å²) in [5, 5.41) is 3.25. The van der Waals surface area contributed by atoms with Crippen molar-refractivity contribution in [2.75, 3.05) is 45.0 Å². The number of hydrogen-bond donors (Lipinski definition) is 2. The summed E-state index contributed by atoms with van der Waals surface area (Å²) in [6.45, 7) is 1.42. The molecule has 0 spiro atoms. The van der Waals surface area contributed by atoms with Crippen LogP contribution in [0, 0.1) is 0 Å². The number of carbonyl (C=O) groups excluding carboxylic acids is 2. The predicted octanol–water partition coefficient (Wildman–Crippen LogP) is 0.702. The molecule has 7 nitrogen and oxygen atoms in total. The lowest BCUT2D eigenvalue weighted by Crippen LogP contribution is -2.26. The molecule has 0 aliphatic carbocycles. The standard InChI is InChI=1S/C13H19N3O4S/c1-15-11(17)8-9(14)10(13(18)20-3)21-12(8)16-5-4-7(6-16)19-2/h7H,4-6,14H2,1-3H3,(H,15,17). The van der Waals surface area contributed by atoms with Crippen LogP contribution < -0.4 is 16.0 Å². The lowest BCUT2D eigenvalue weighted by molar-refractivity contribution is 0.0607. The lowest BCUT2D eigenvalue weighted by atomic mass is 10.2. The number of nitrogens with zero attached hydrogens (tertiary/aromatic N) is 1. The minimum atomic E-state index is -0.531. The number of nitrogens with two attached hydrogens (primary N) is 1. The van der Waals surface area contributed by atoms with Crippen LogP contribution in [0.2, 0.25) is 0 Å². The van der Waals surface area contributed by atoms with Gasteiger partial charge in [-0.25, -0.2) is 4.79 Å². The Hall–Kier alpha value is -1.80. The number of esters is 1. The van der Waals surface area contributed by atoms with Crippen molar-refractivity contribution in [1.29, 1.82) is 0 Å². The number of amides is 1. The normalized spacial score (nSPS) is 17.9. The molecule has 1 aromatic rings. The molecule has 0 aromatic carbocycles. The Morgan fingerprint density at radius 1 is 1.43 bits per heavy atom. The van der Waals surface area contributed by atoms with Crippen LogP contribution in [0.3, 0.4) is 0 Å². The highest BCUT2D eigenvalue weighted by molar-refractivity contribution is 7.19. The molecule has 8 heteroatoms. The van der Waals surface area contributed by atoms with Crippen molar-refractivity contribution < 1.29 is 19.1 Å². The Morgan fingerprint density at radius 2 is 2.14 bits per heavy atom. The van der Waals surface area contributed by atoms with E-state index in [1.54, 1.807) is 7.11 Å². The maximum Gasteiger partial charge on any atom is 0.350 e. The van der Waals surface area contributed by atoms with Gasteiger partial charge in [-0.05, 0) is 6.42 Å². The summed E-state index contributed by atoms with van der Waals surface area (Å²) in [4.78, 5) is 26.1. The fourth-order valence-electron chi connectivity index (χ4n) is 2.35. The zero-order chi connectivity index (χ0) is 15.6. The van der Waals surface area contributed by atoms with Gasteiger partial charge in [0.05, 0.1) is 24.5 Å². The number of rotatable bonds is 4. The maximum atomic E-state index is 12.1. The highest BCUT2D eigenvalue weighted by Gasteiger charge is 2.32. The van der Waals surface area contributed by atoms with E-state index in [-0.39, 0.29) is 22.6 Å². The van der Waals surface area contributed by atoms with E-state index < -0.39 is 5.97 Å². The summed E-state index contributed by atoms with van der Waals surface area (Å²) >= 11 is 1.18. The van der Waals surface area contributed by atoms with Gasteiger partial charge in [0.25, 0.3) is 5.91 Å². The molecule has 1 saturated heterocycles. The molecule has 2 heterocycles. The molecule has 0 bridgehead atoms. The molecule has 3 N–H and O–H groups in total. The van der Waals surface area contributed by atoms with E-state index in [9.17, 15) is 9.59 Å². The molecule has 1 aromatic heterocycles. The highest BCUT2D eigenvalue weighted by atomic mass is 32.1. The molecule has 1 unspecified atom stereocenters. The zero-order valence-corrected chi connectivity index (χ0v) is 13.1. The SMILES string of the molecule is CNC(=O)c1c(N2CCC(OC)C2)sc(C(=O)OC)c1N. The van der Waals surface area contributed by atoms with Crippen molar-refractivity contribution >= 4 is 33.9 Å². The Morgan fingerprint density at radius 3 is 2.67 bits per heavy atom. The van der Waals surface area contributed by atoms with Crippen LogP contribution in [-0.4, -0.2) is 52.3 Å². The van der Waals surface area contributed by atoms with E-state index in [0.717, 1.165) is 13.0 Å². The summed E-state index contributed by atoms with van der Waals surface area (Å²) in [6.07, 6.45) is 0.988. The minimum absolute atomic E-state index is 0.118. The molecule has 0 saturated carbocycles. The van der Waals surface area contributed by atoms with Gasteiger partial charge in [0.2, 0.25) is 0 Å². The number of anilines is 2. The van der Waals surface area contributed by atoms with Crippen molar-refractivity contribution in [3.63, 3.8) is 0 Å². The molecule has 1 aliphatic heterocycles. The summed E-state index contributed by atoms with van der Waals surface area (Å²) < 4.78 is 10.1. The monoisotopic (exact) mass is 313 g/mol. The quantitative estimate of drug-likeness (QED) is 0.795. The number of carbonyl (C=O) groups is 2. The largest absolute Gasteiger partial charge is 0.465 e.